The fraction of sp³-hybridized carbons (Fsp3) is 0.222. The van der Waals surface area contributed by atoms with Gasteiger partial charge in [0, 0.05) is 14.1 Å². The molecule has 11 heavy (non-hydrogen) atoms. The summed E-state index contributed by atoms with van der Waals surface area (Å²) in [5.74, 6) is 0. The Bertz CT molecular complexity index is 241. The molecule has 0 heterocycles. The van der Waals surface area contributed by atoms with E-state index in [0.717, 1.165) is 0 Å². The summed E-state index contributed by atoms with van der Waals surface area (Å²) in [5, 5.41) is 1.33. The van der Waals surface area contributed by atoms with Crippen LogP contribution in [0.15, 0.2) is 30.3 Å². The SMILES string of the molecule is C=[P+](c1ccccc1)N(C)C. The number of hydrogen-bond acceptors (Lipinski definition) is 1. The van der Waals surface area contributed by atoms with Crippen molar-refractivity contribution in [3.63, 3.8) is 0 Å². The zero-order valence-corrected chi connectivity index (χ0v) is 7.88. The van der Waals surface area contributed by atoms with Gasteiger partial charge >= 0.3 is 0 Å². The van der Waals surface area contributed by atoms with Crippen molar-refractivity contribution in [2.45, 2.75) is 0 Å². The largest absolute Gasteiger partial charge is 0.215 e. The Morgan fingerprint density at radius 2 is 1.73 bits per heavy atom. The summed E-state index contributed by atoms with van der Waals surface area (Å²) in [6.45, 7) is 0. The third-order valence-corrected chi connectivity index (χ3v) is 3.40. The van der Waals surface area contributed by atoms with Crippen molar-refractivity contribution < 1.29 is 0 Å². The van der Waals surface area contributed by atoms with Gasteiger partial charge in [-0.15, -0.1) is 4.67 Å². The van der Waals surface area contributed by atoms with Crippen molar-refractivity contribution in [2.24, 2.45) is 0 Å². The first-order chi connectivity index (χ1) is 5.22. The van der Waals surface area contributed by atoms with Crippen molar-refractivity contribution in [2.75, 3.05) is 14.1 Å². The smallest absolute Gasteiger partial charge is 0.134 e. The van der Waals surface area contributed by atoms with Gasteiger partial charge in [-0.05, 0) is 12.1 Å². The van der Waals surface area contributed by atoms with Crippen molar-refractivity contribution in [1.29, 1.82) is 0 Å². The van der Waals surface area contributed by atoms with Gasteiger partial charge in [-0.3, -0.25) is 0 Å². The van der Waals surface area contributed by atoms with Gasteiger partial charge < -0.3 is 0 Å². The minimum absolute atomic E-state index is 0.351. The summed E-state index contributed by atoms with van der Waals surface area (Å²) < 4.78 is 2.16. The second kappa shape index (κ2) is 3.66. The molecule has 1 atom stereocenters. The van der Waals surface area contributed by atoms with Crippen LogP contribution in [0.3, 0.4) is 0 Å². The summed E-state index contributed by atoms with van der Waals surface area (Å²) in [6, 6.07) is 10.4. The molecule has 0 spiro atoms. The van der Waals surface area contributed by atoms with Gasteiger partial charge in [0.25, 0.3) is 0 Å². The van der Waals surface area contributed by atoms with Gasteiger partial charge in [0.15, 0.2) is 5.30 Å². The fourth-order valence-corrected chi connectivity index (χ4v) is 1.81. The summed E-state index contributed by atoms with van der Waals surface area (Å²) in [6.07, 6.45) is 4.10. The van der Waals surface area contributed by atoms with Gasteiger partial charge in [0.2, 0.25) is 7.70 Å². The second-order valence-corrected chi connectivity index (χ2v) is 4.70. The molecular weight excluding hydrogens is 153 g/mol. The van der Waals surface area contributed by atoms with Crippen molar-refractivity contribution in [3.05, 3.63) is 30.3 Å². The molecule has 58 valence electrons. The summed E-state index contributed by atoms with van der Waals surface area (Å²) >= 11 is 0. The maximum atomic E-state index is 4.10. The van der Waals surface area contributed by atoms with Crippen LogP contribution in [-0.2, 0) is 0 Å². The molecule has 1 aromatic rings. The first-order valence-corrected chi connectivity index (χ1v) is 5.02. The standard InChI is InChI=1S/C9H13NP/c1-10(2)11(3)9-7-5-4-6-8-9/h4-8H,3H2,1-2H3/q+1. The van der Waals surface area contributed by atoms with Crippen molar-refractivity contribution >= 4 is 19.3 Å². The zero-order valence-electron chi connectivity index (χ0n) is 6.99. The van der Waals surface area contributed by atoms with Gasteiger partial charge in [-0.2, -0.15) is 0 Å². The molecule has 0 aliphatic carbocycles. The topological polar surface area (TPSA) is 3.24 Å². The van der Waals surface area contributed by atoms with Gasteiger partial charge in [-0.1, -0.05) is 18.2 Å². The van der Waals surface area contributed by atoms with Crippen LogP contribution in [0.25, 0.3) is 0 Å². The summed E-state index contributed by atoms with van der Waals surface area (Å²) in [5.41, 5.74) is 0. The molecule has 1 rings (SSSR count). The maximum absolute atomic E-state index is 4.10. The quantitative estimate of drug-likeness (QED) is 0.604. The lowest BCUT2D eigenvalue weighted by atomic mass is 10.4. The van der Waals surface area contributed by atoms with Crippen LogP contribution in [0, 0.1) is 0 Å². The first-order valence-electron chi connectivity index (χ1n) is 3.54. The molecule has 0 N–H and O–H groups in total. The van der Waals surface area contributed by atoms with Gasteiger partial charge in [0.1, 0.15) is 0 Å². The minimum Gasteiger partial charge on any atom is -0.134 e. The summed E-state index contributed by atoms with van der Waals surface area (Å²) in [4.78, 5) is 0. The lowest BCUT2D eigenvalue weighted by Crippen LogP contribution is -2.08. The van der Waals surface area contributed by atoms with E-state index in [2.05, 4.69) is 49.3 Å². The lowest BCUT2D eigenvalue weighted by molar-refractivity contribution is 0.694. The van der Waals surface area contributed by atoms with Crippen LogP contribution in [0.5, 0.6) is 0 Å². The van der Waals surface area contributed by atoms with E-state index in [9.17, 15) is 0 Å². The average molecular weight is 166 g/mol. The van der Waals surface area contributed by atoms with E-state index in [1.165, 1.54) is 5.30 Å². The van der Waals surface area contributed by atoms with Crippen LogP contribution in [0.2, 0.25) is 0 Å². The van der Waals surface area contributed by atoms with E-state index < -0.39 is 0 Å². The number of nitrogens with zero attached hydrogens (tertiary/aromatic N) is 1. The van der Waals surface area contributed by atoms with Crippen molar-refractivity contribution in [1.82, 2.24) is 4.67 Å². The van der Waals surface area contributed by atoms with Crippen LogP contribution in [0.4, 0.5) is 0 Å². The maximum Gasteiger partial charge on any atom is 0.215 e. The highest BCUT2D eigenvalue weighted by atomic mass is 31.1. The Hall–Kier alpha value is -0.650. The molecular formula is C9H13NP+. The molecule has 0 aliphatic heterocycles. The zero-order chi connectivity index (χ0) is 8.27. The number of rotatable bonds is 2. The normalized spacial score (nSPS) is 11.7. The minimum atomic E-state index is -0.351. The molecule has 1 nitrogen and oxygen atoms in total. The monoisotopic (exact) mass is 166 g/mol. The second-order valence-electron chi connectivity index (χ2n) is 2.58. The molecule has 0 aromatic heterocycles. The predicted octanol–water partition coefficient (Wildman–Crippen LogP) is 1.70. The third-order valence-electron chi connectivity index (χ3n) is 1.54. The molecule has 0 saturated heterocycles. The van der Waals surface area contributed by atoms with Crippen LogP contribution >= 0.6 is 7.70 Å². The Morgan fingerprint density at radius 3 is 2.18 bits per heavy atom. The van der Waals surface area contributed by atoms with E-state index in [1.54, 1.807) is 0 Å². The Balaban J connectivity index is 2.86. The third kappa shape index (κ3) is 2.14. The summed E-state index contributed by atoms with van der Waals surface area (Å²) in [7, 11) is 3.77. The first kappa shape index (κ1) is 8.45. The Morgan fingerprint density at radius 1 is 1.18 bits per heavy atom. The molecule has 2 heteroatoms. The van der Waals surface area contributed by atoms with Crippen molar-refractivity contribution in [3.8, 4) is 0 Å². The Kier molecular flexibility index (Phi) is 2.81. The van der Waals surface area contributed by atoms with E-state index in [1.807, 2.05) is 6.07 Å². The van der Waals surface area contributed by atoms with Crippen LogP contribution in [0.1, 0.15) is 0 Å². The highest BCUT2D eigenvalue weighted by molar-refractivity contribution is 7.61. The Labute approximate surface area is 69.1 Å². The lowest BCUT2D eigenvalue weighted by Gasteiger charge is -1.99. The number of hydrogen-bond donors (Lipinski definition) is 0. The highest BCUT2D eigenvalue weighted by Gasteiger charge is 2.11. The fourth-order valence-electron chi connectivity index (χ4n) is 0.831. The van der Waals surface area contributed by atoms with E-state index >= 15 is 0 Å². The van der Waals surface area contributed by atoms with Crippen LogP contribution in [-0.4, -0.2) is 25.1 Å². The van der Waals surface area contributed by atoms with E-state index in [4.69, 9.17) is 0 Å². The van der Waals surface area contributed by atoms with Gasteiger partial charge in [0.05, 0.1) is 6.30 Å². The molecule has 0 fully saturated rings. The average Bonchev–Trinajstić information content (AvgIpc) is 2.05. The molecule has 1 unspecified atom stereocenters. The van der Waals surface area contributed by atoms with Gasteiger partial charge in [-0.25, -0.2) is 0 Å². The van der Waals surface area contributed by atoms with E-state index in [-0.39, 0.29) is 7.70 Å². The van der Waals surface area contributed by atoms with Crippen LogP contribution < -0.4 is 5.30 Å². The molecule has 0 saturated carbocycles. The molecule has 0 amide bonds. The molecule has 0 bridgehead atoms. The molecule has 1 aromatic carbocycles. The molecule has 0 aliphatic rings. The predicted molar refractivity (Wildman–Crippen MR) is 53.8 cm³/mol. The highest BCUT2D eigenvalue weighted by Crippen LogP contribution is 2.20. The number of benzene rings is 1. The van der Waals surface area contributed by atoms with E-state index in [0.29, 0.717) is 0 Å². The molecule has 0 radical (unpaired) electrons.